The van der Waals surface area contributed by atoms with Crippen molar-refractivity contribution in [2.24, 2.45) is 17.8 Å². The van der Waals surface area contributed by atoms with E-state index in [0.717, 1.165) is 54.7 Å². The Morgan fingerprint density at radius 2 is 2.05 bits per heavy atom. The Kier molecular flexibility index (Phi) is 9.65. The maximum Gasteiger partial charge on any atom is 0.319 e. The first-order valence-corrected chi connectivity index (χ1v) is 15.5. The molecule has 2 aliphatic heterocycles. The first-order valence-electron chi connectivity index (χ1n) is 15.5. The number of carbonyl (C=O) groups excluding carboxylic acids is 2. The number of amides is 3. The number of nitrogens with zero attached hydrogens (tertiary/aromatic N) is 4. The normalized spacial score (nSPS) is 23.8. The predicted octanol–water partition coefficient (Wildman–Crippen LogP) is 5.20. The highest BCUT2D eigenvalue weighted by atomic mass is 16.5. The van der Waals surface area contributed by atoms with Crippen LogP contribution in [0.1, 0.15) is 68.9 Å². The second kappa shape index (κ2) is 13.6. The number of carbonyl (C=O) groups is 3. The Hall–Kier alpha value is -3.62. The van der Waals surface area contributed by atoms with Crippen molar-refractivity contribution in [3.05, 3.63) is 53.9 Å². The molecule has 4 atom stereocenters. The van der Waals surface area contributed by atoms with Crippen molar-refractivity contribution in [1.82, 2.24) is 14.8 Å². The summed E-state index contributed by atoms with van der Waals surface area (Å²) in [6, 6.07) is 9.92. The molecule has 0 bridgehead atoms. The lowest BCUT2D eigenvalue weighted by atomic mass is 9.74. The molecule has 3 amide bonds. The van der Waals surface area contributed by atoms with Crippen LogP contribution < -0.4 is 9.64 Å². The molecule has 3 aliphatic rings. The lowest BCUT2D eigenvalue weighted by molar-refractivity contribution is -0.144. The number of fused-ring (bicyclic) bond motifs is 1. The average Bonchev–Trinajstić information content (AvgIpc) is 3.53. The number of ether oxygens (including phenoxy) is 1. The number of hydrogen-bond donors (Lipinski definition) is 1. The van der Waals surface area contributed by atoms with Gasteiger partial charge in [0.2, 0.25) is 5.91 Å². The number of likely N-dealkylation sites (N-methyl/N-ethyl adjacent to an activating group) is 1. The summed E-state index contributed by atoms with van der Waals surface area (Å²) in [4.78, 5) is 49.0. The van der Waals surface area contributed by atoms with Crippen LogP contribution in [-0.2, 0) is 16.0 Å². The standard InChI is InChI=1S/C33H44N4O5/c1-3-4-14-37(27-6-5-13-34-22-27)30(38)20-23-7-8-24(11-15-36-17-16-35(2)33(36)41)31(32(39)40)28(19-23)25-9-10-29-26(21-25)12-18-42-29/h5-6,9-10,13,21-24,28,31H,3-4,7-8,11-12,14-20H2,1-2H3,(H,39,40)/t23?,24-,28+,31-/m0/s1. The van der Waals surface area contributed by atoms with Gasteiger partial charge in [0.15, 0.2) is 0 Å². The van der Waals surface area contributed by atoms with Crippen LogP contribution in [-0.4, -0.2) is 77.6 Å². The summed E-state index contributed by atoms with van der Waals surface area (Å²) in [6.45, 7) is 5.32. The summed E-state index contributed by atoms with van der Waals surface area (Å²) in [5.41, 5.74) is 2.95. The van der Waals surface area contributed by atoms with Gasteiger partial charge >= 0.3 is 12.0 Å². The molecule has 5 rings (SSSR count). The smallest absolute Gasteiger partial charge is 0.319 e. The van der Waals surface area contributed by atoms with Gasteiger partial charge in [-0.3, -0.25) is 14.6 Å². The number of carboxylic acid groups (broad SMARTS) is 1. The van der Waals surface area contributed by atoms with Gasteiger partial charge in [-0.15, -0.1) is 0 Å². The van der Waals surface area contributed by atoms with Crippen molar-refractivity contribution in [2.75, 3.05) is 44.7 Å². The Labute approximate surface area is 248 Å². The first-order chi connectivity index (χ1) is 20.4. The lowest BCUT2D eigenvalue weighted by Crippen LogP contribution is -2.35. The van der Waals surface area contributed by atoms with Crippen molar-refractivity contribution < 1.29 is 24.2 Å². The van der Waals surface area contributed by atoms with Gasteiger partial charge in [-0.25, -0.2) is 4.79 Å². The van der Waals surface area contributed by atoms with E-state index < -0.39 is 11.9 Å². The molecule has 1 aliphatic carbocycles. The third-order valence-electron chi connectivity index (χ3n) is 9.43. The summed E-state index contributed by atoms with van der Waals surface area (Å²) in [6.07, 6.45) is 9.31. The SMILES string of the molecule is CCCCN(C(=O)CC1CC[C@@H](CCN2CCN(C)C2=O)[C@H](C(=O)O)[C@@H](c2ccc3c(c2)CCO3)C1)c1cccnc1. The van der Waals surface area contributed by atoms with E-state index in [9.17, 15) is 19.5 Å². The zero-order valence-corrected chi connectivity index (χ0v) is 24.9. The van der Waals surface area contributed by atoms with Gasteiger partial charge in [0.25, 0.3) is 0 Å². The molecule has 0 spiro atoms. The maximum absolute atomic E-state index is 13.8. The number of carboxylic acids is 1. The Morgan fingerprint density at radius 1 is 1.19 bits per heavy atom. The van der Waals surface area contributed by atoms with Gasteiger partial charge in [0.1, 0.15) is 5.75 Å². The van der Waals surface area contributed by atoms with Gasteiger partial charge in [-0.1, -0.05) is 25.5 Å². The van der Waals surface area contributed by atoms with E-state index in [0.29, 0.717) is 52.0 Å². The summed E-state index contributed by atoms with van der Waals surface area (Å²) in [7, 11) is 1.80. The topological polar surface area (TPSA) is 103 Å². The van der Waals surface area contributed by atoms with Gasteiger partial charge in [-0.05, 0) is 79.2 Å². The largest absolute Gasteiger partial charge is 0.493 e. The lowest BCUT2D eigenvalue weighted by Gasteiger charge is -2.31. The molecule has 226 valence electrons. The quantitative estimate of drug-likeness (QED) is 0.369. The summed E-state index contributed by atoms with van der Waals surface area (Å²) in [5, 5.41) is 10.7. The molecule has 0 radical (unpaired) electrons. The van der Waals surface area contributed by atoms with Crippen LogP contribution in [0.3, 0.4) is 0 Å². The molecule has 2 fully saturated rings. The highest BCUT2D eigenvalue weighted by molar-refractivity contribution is 5.93. The zero-order chi connectivity index (χ0) is 29.6. The maximum atomic E-state index is 13.8. The van der Waals surface area contributed by atoms with E-state index in [1.54, 1.807) is 24.3 Å². The molecule has 1 N–H and O–H groups in total. The van der Waals surface area contributed by atoms with Crippen molar-refractivity contribution in [2.45, 2.75) is 64.2 Å². The molecule has 1 aromatic carbocycles. The highest BCUT2D eigenvalue weighted by Crippen LogP contribution is 2.46. The van der Waals surface area contributed by atoms with E-state index in [1.807, 2.05) is 34.1 Å². The van der Waals surface area contributed by atoms with Gasteiger partial charge < -0.3 is 24.5 Å². The molecule has 9 nitrogen and oxygen atoms in total. The molecule has 1 unspecified atom stereocenters. The predicted molar refractivity (Wildman–Crippen MR) is 161 cm³/mol. The van der Waals surface area contributed by atoms with E-state index in [1.165, 1.54) is 0 Å². The molecular formula is C33H44N4O5. The monoisotopic (exact) mass is 576 g/mol. The minimum atomic E-state index is -0.793. The number of rotatable bonds is 11. The fourth-order valence-electron chi connectivity index (χ4n) is 7.06. The van der Waals surface area contributed by atoms with E-state index in [2.05, 4.69) is 18.0 Å². The van der Waals surface area contributed by atoms with Gasteiger partial charge in [-0.2, -0.15) is 0 Å². The number of anilines is 1. The highest BCUT2D eigenvalue weighted by Gasteiger charge is 2.41. The number of aromatic nitrogens is 1. The Bertz CT molecular complexity index is 1250. The van der Waals surface area contributed by atoms with Crippen LogP contribution >= 0.6 is 0 Å². The van der Waals surface area contributed by atoms with Crippen LogP contribution in [0, 0.1) is 17.8 Å². The molecule has 1 saturated heterocycles. The van der Waals surface area contributed by atoms with Gasteiger partial charge in [0, 0.05) is 52.3 Å². The van der Waals surface area contributed by atoms with Gasteiger partial charge in [0.05, 0.1) is 24.4 Å². The number of benzene rings is 1. The van der Waals surface area contributed by atoms with Crippen LogP contribution in [0.2, 0.25) is 0 Å². The number of aliphatic carboxylic acids is 1. The zero-order valence-electron chi connectivity index (χ0n) is 24.9. The minimum absolute atomic E-state index is 0.0108. The third-order valence-corrected chi connectivity index (χ3v) is 9.43. The van der Waals surface area contributed by atoms with Crippen LogP contribution in [0.25, 0.3) is 0 Å². The molecule has 9 heteroatoms. The Balaban J connectivity index is 1.40. The van der Waals surface area contributed by atoms with Crippen LogP contribution in [0.15, 0.2) is 42.7 Å². The van der Waals surface area contributed by atoms with Crippen LogP contribution in [0.4, 0.5) is 10.5 Å². The van der Waals surface area contributed by atoms with Crippen molar-refractivity contribution >= 4 is 23.6 Å². The second-order valence-corrected chi connectivity index (χ2v) is 12.2. The van der Waals surface area contributed by atoms with Crippen molar-refractivity contribution in [1.29, 1.82) is 0 Å². The molecule has 1 aromatic heterocycles. The van der Waals surface area contributed by atoms with E-state index in [4.69, 9.17) is 4.74 Å². The number of unbranched alkanes of at least 4 members (excludes halogenated alkanes) is 1. The molecular weight excluding hydrogens is 532 g/mol. The molecule has 1 saturated carbocycles. The molecule has 3 heterocycles. The van der Waals surface area contributed by atoms with Crippen LogP contribution in [0.5, 0.6) is 5.75 Å². The molecule has 42 heavy (non-hydrogen) atoms. The van der Waals surface area contributed by atoms with Crippen molar-refractivity contribution in [3.63, 3.8) is 0 Å². The first kappa shape index (κ1) is 29.9. The fraction of sp³-hybridized carbons (Fsp3) is 0.576. The number of hydrogen-bond acceptors (Lipinski definition) is 5. The summed E-state index contributed by atoms with van der Waals surface area (Å²) in [5.74, 6) is -0.697. The van der Waals surface area contributed by atoms with Crippen molar-refractivity contribution in [3.8, 4) is 5.75 Å². The number of urea groups is 1. The summed E-state index contributed by atoms with van der Waals surface area (Å²) >= 11 is 0. The summed E-state index contributed by atoms with van der Waals surface area (Å²) < 4.78 is 5.74. The average molecular weight is 577 g/mol. The minimum Gasteiger partial charge on any atom is -0.493 e. The third kappa shape index (κ3) is 6.71. The fourth-order valence-corrected chi connectivity index (χ4v) is 7.06. The second-order valence-electron chi connectivity index (χ2n) is 12.2. The van der Waals surface area contributed by atoms with E-state index >= 15 is 0 Å². The van der Waals surface area contributed by atoms with E-state index in [-0.39, 0.29) is 29.7 Å². The Morgan fingerprint density at radius 3 is 2.76 bits per heavy atom. The number of pyridine rings is 1. The molecule has 2 aromatic rings.